The smallest absolute Gasteiger partial charge is 0.303 e. The van der Waals surface area contributed by atoms with Gasteiger partial charge < -0.3 is 14.7 Å². The summed E-state index contributed by atoms with van der Waals surface area (Å²) in [7, 11) is -4.64. The van der Waals surface area contributed by atoms with Crippen LogP contribution < -0.4 is 18.9 Å². The maximum absolute atomic E-state index is 8.88. The standard InChI is InChI=1S/Ca.Li.Mg.H3O4P.Zn/c;;;1-5(2,3)4;/h;;;(H3,1,2,3,4);/q+2;+1;+2;;+2. The normalized spacial score (nSPS) is 6.56. The molecule has 0 heterocycles. The number of phosphoric acid groups is 1. The van der Waals surface area contributed by atoms with Crippen molar-refractivity contribution in [1.29, 1.82) is 0 Å². The van der Waals surface area contributed by atoms with Crippen molar-refractivity contribution in [3.05, 3.63) is 0 Å². The molecule has 0 amide bonds. The zero-order valence-corrected chi connectivity index (χ0v) is 12.8. The van der Waals surface area contributed by atoms with Crippen LogP contribution in [0.25, 0.3) is 0 Å². The second-order valence-corrected chi connectivity index (χ2v) is 1.54. The van der Waals surface area contributed by atoms with Crippen LogP contribution in [0.1, 0.15) is 0 Å². The van der Waals surface area contributed by atoms with E-state index in [1.807, 2.05) is 0 Å². The predicted molar refractivity (Wildman–Crippen MR) is 25.8 cm³/mol. The van der Waals surface area contributed by atoms with Gasteiger partial charge in [-0.1, -0.05) is 0 Å². The van der Waals surface area contributed by atoms with E-state index in [1.165, 1.54) is 0 Å². The van der Waals surface area contributed by atoms with Gasteiger partial charge in [-0.05, 0) is 0 Å². The average molecular weight is 235 g/mol. The van der Waals surface area contributed by atoms with E-state index in [1.54, 1.807) is 0 Å². The average Bonchev–Trinajstić information content (AvgIpc) is 0.722. The second kappa shape index (κ2) is 13.9. The third-order valence-electron chi connectivity index (χ3n) is 0. The quantitative estimate of drug-likeness (QED) is 0.291. The van der Waals surface area contributed by atoms with Crippen LogP contribution >= 0.6 is 7.82 Å². The fourth-order valence-corrected chi connectivity index (χ4v) is 0. The Hall–Kier alpha value is 3.36. The van der Waals surface area contributed by atoms with Crippen LogP contribution in [0.2, 0.25) is 0 Å². The summed E-state index contributed by atoms with van der Waals surface area (Å²) in [5.41, 5.74) is 0. The van der Waals surface area contributed by atoms with Gasteiger partial charge in [-0.2, -0.15) is 0 Å². The Kier molecular flexibility index (Phi) is 45.5. The van der Waals surface area contributed by atoms with E-state index in [9.17, 15) is 0 Å². The maximum atomic E-state index is 8.88. The van der Waals surface area contributed by atoms with Crippen molar-refractivity contribution in [1.82, 2.24) is 0 Å². The van der Waals surface area contributed by atoms with Gasteiger partial charge in [0, 0.05) is 0 Å². The molecule has 0 aromatic rings. The summed E-state index contributed by atoms with van der Waals surface area (Å²) in [5.74, 6) is 0. The molecule has 0 aliphatic heterocycles. The van der Waals surface area contributed by atoms with E-state index in [2.05, 4.69) is 0 Å². The van der Waals surface area contributed by atoms with Gasteiger partial charge in [-0.3, -0.25) is 0 Å². The molecule has 9 heavy (non-hydrogen) atoms. The fraction of sp³-hybridized carbons (Fsp3) is 0. The van der Waals surface area contributed by atoms with Crippen LogP contribution in [-0.2, 0) is 24.0 Å². The van der Waals surface area contributed by atoms with Crippen molar-refractivity contribution in [2.45, 2.75) is 0 Å². The SMILES string of the molecule is O=P(O)(O)O.[Ca+2].[Li+].[Mg+2].[Zn+2]. The van der Waals surface area contributed by atoms with Gasteiger partial charge >= 0.3 is 107 Å². The Morgan fingerprint density at radius 1 is 1.11 bits per heavy atom. The predicted octanol–water partition coefficient (Wildman–Crippen LogP) is -4.69. The Balaban J connectivity index is -0.0000000133. The van der Waals surface area contributed by atoms with Crippen LogP contribution in [0, 0.1) is 0 Å². The topological polar surface area (TPSA) is 77.8 Å². The van der Waals surface area contributed by atoms with Crippen LogP contribution in [0.4, 0.5) is 0 Å². The first-order valence-corrected chi connectivity index (χ1v) is 2.35. The molecule has 0 unspecified atom stereocenters. The summed E-state index contributed by atoms with van der Waals surface area (Å²) in [5, 5.41) is 0. The van der Waals surface area contributed by atoms with Crippen LogP contribution in [-0.4, -0.2) is 75.5 Å². The van der Waals surface area contributed by atoms with Crippen molar-refractivity contribution < 1.29 is 57.6 Å². The molecule has 0 fully saturated rings. The summed E-state index contributed by atoms with van der Waals surface area (Å²) in [6, 6.07) is 0. The zero-order valence-electron chi connectivity index (χ0n) is 5.32. The zero-order chi connectivity index (χ0) is 4.50. The molecule has 0 saturated heterocycles. The van der Waals surface area contributed by atoms with E-state index in [0.29, 0.717) is 0 Å². The summed E-state index contributed by atoms with van der Waals surface area (Å²) in [4.78, 5) is 21.6. The molecule has 0 aromatic carbocycles. The van der Waals surface area contributed by atoms with Crippen LogP contribution in [0.5, 0.6) is 0 Å². The van der Waals surface area contributed by atoms with Gasteiger partial charge in [-0.25, -0.2) is 4.57 Å². The monoisotopic (exact) mass is 233 g/mol. The molecule has 0 radical (unpaired) electrons. The van der Waals surface area contributed by atoms with Crippen molar-refractivity contribution in [3.8, 4) is 0 Å². The molecule has 0 aromatic heterocycles. The molecule has 3 N–H and O–H groups in total. The van der Waals surface area contributed by atoms with Gasteiger partial charge in [0.25, 0.3) is 0 Å². The molecular formula is H3CaLiMgO4PZn+7. The van der Waals surface area contributed by atoms with Gasteiger partial charge in [-0.15, -0.1) is 0 Å². The molecule has 0 aliphatic rings. The Bertz CT molecular complexity index is 66.7. The molecule has 0 rings (SSSR count). The molecule has 0 atom stereocenters. The van der Waals surface area contributed by atoms with Gasteiger partial charge in [0.2, 0.25) is 0 Å². The summed E-state index contributed by atoms with van der Waals surface area (Å²) >= 11 is 0. The van der Waals surface area contributed by atoms with Crippen molar-refractivity contribution in [3.63, 3.8) is 0 Å². The molecule has 0 aliphatic carbocycles. The van der Waals surface area contributed by atoms with E-state index in [0.717, 1.165) is 0 Å². The van der Waals surface area contributed by atoms with Gasteiger partial charge in [0.05, 0.1) is 0 Å². The molecule has 9 heteroatoms. The van der Waals surface area contributed by atoms with E-state index in [-0.39, 0.29) is 99.1 Å². The molecule has 4 nitrogen and oxygen atoms in total. The minimum Gasteiger partial charge on any atom is -0.303 e. The number of hydrogen-bond acceptors (Lipinski definition) is 1. The molecule has 0 bridgehead atoms. The van der Waals surface area contributed by atoms with E-state index in [4.69, 9.17) is 19.2 Å². The summed E-state index contributed by atoms with van der Waals surface area (Å²) in [6.45, 7) is 0. The van der Waals surface area contributed by atoms with Crippen molar-refractivity contribution >= 4 is 68.6 Å². The first kappa shape index (κ1) is 29.4. The minimum atomic E-state index is -4.64. The first-order valence-electron chi connectivity index (χ1n) is 0.783. The van der Waals surface area contributed by atoms with Crippen LogP contribution in [0.15, 0.2) is 0 Å². The third-order valence-corrected chi connectivity index (χ3v) is 0. The molecule has 0 saturated carbocycles. The molecule has 32 valence electrons. The van der Waals surface area contributed by atoms with E-state index < -0.39 is 7.82 Å². The Labute approximate surface area is 124 Å². The second-order valence-electron chi connectivity index (χ2n) is 0.513. The van der Waals surface area contributed by atoms with Crippen LogP contribution in [0.3, 0.4) is 0 Å². The fourth-order valence-electron chi connectivity index (χ4n) is 0. The Morgan fingerprint density at radius 2 is 1.11 bits per heavy atom. The number of rotatable bonds is 0. The van der Waals surface area contributed by atoms with Crippen molar-refractivity contribution in [2.75, 3.05) is 0 Å². The molecule has 0 spiro atoms. The largest absolute Gasteiger partial charge is 2.00 e. The summed E-state index contributed by atoms with van der Waals surface area (Å²) in [6.07, 6.45) is 0. The van der Waals surface area contributed by atoms with E-state index >= 15 is 0 Å². The first-order chi connectivity index (χ1) is 2.00. The Morgan fingerprint density at radius 3 is 1.11 bits per heavy atom. The molecular weight excluding hydrogens is 232 g/mol. The third kappa shape index (κ3) is 88.2. The van der Waals surface area contributed by atoms with Crippen molar-refractivity contribution in [2.24, 2.45) is 0 Å². The number of hydrogen-bond donors (Lipinski definition) is 3. The van der Waals surface area contributed by atoms with Gasteiger partial charge in [0.15, 0.2) is 0 Å². The minimum absolute atomic E-state index is 0. The summed E-state index contributed by atoms with van der Waals surface area (Å²) < 4.78 is 8.88. The maximum Gasteiger partial charge on any atom is 2.00 e. The van der Waals surface area contributed by atoms with Gasteiger partial charge in [0.1, 0.15) is 0 Å².